The van der Waals surface area contributed by atoms with Gasteiger partial charge in [0.25, 0.3) is 0 Å². The second-order valence-corrected chi connectivity index (χ2v) is 6.82. The molecule has 0 N–H and O–H groups in total. The molecule has 5 heteroatoms. The lowest BCUT2D eigenvalue weighted by Crippen LogP contribution is -2.45. The molecule has 0 bridgehead atoms. The number of amides is 1. The number of piperidine rings is 1. The number of hydrogen-bond donors (Lipinski definition) is 0. The van der Waals surface area contributed by atoms with Crippen LogP contribution in [0.1, 0.15) is 25.7 Å². The fourth-order valence-corrected chi connectivity index (χ4v) is 3.55. The highest BCUT2D eigenvalue weighted by atomic mass is 16.5. The predicted octanol–water partition coefficient (Wildman–Crippen LogP) is 2.41. The maximum Gasteiger partial charge on any atom is 0.236 e. The number of methoxy groups -OCH3 is 1. The summed E-state index contributed by atoms with van der Waals surface area (Å²) in [4.78, 5) is 16.8. The molecule has 0 aromatic heterocycles. The van der Waals surface area contributed by atoms with Gasteiger partial charge in [-0.25, -0.2) is 0 Å². The Labute approximate surface area is 144 Å². The smallest absolute Gasteiger partial charge is 0.236 e. The lowest BCUT2D eigenvalue weighted by atomic mass is 9.99. The van der Waals surface area contributed by atoms with Crippen molar-refractivity contribution in [3.8, 4) is 11.5 Å². The highest BCUT2D eigenvalue weighted by Crippen LogP contribution is 2.21. The summed E-state index contributed by atoms with van der Waals surface area (Å²) in [5, 5.41) is 0. The van der Waals surface area contributed by atoms with Gasteiger partial charge < -0.3 is 14.4 Å². The summed E-state index contributed by atoms with van der Waals surface area (Å²) in [6.45, 7) is 5.12. The number of rotatable bonds is 6. The maximum absolute atomic E-state index is 12.5. The molecule has 2 fully saturated rings. The molecule has 2 heterocycles. The Balaban J connectivity index is 1.45. The minimum atomic E-state index is 0.283. The maximum atomic E-state index is 12.5. The highest BCUT2D eigenvalue weighted by molar-refractivity contribution is 5.78. The third-order valence-electron chi connectivity index (χ3n) is 4.97. The molecule has 2 saturated heterocycles. The van der Waals surface area contributed by atoms with Crippen molar-refractivity contribution in [2.75, 3.05) is 46.4 Å². The molecule has 0 spiro atoms. The van der Waals surface area contributed by atoms with Gasteiger partial charge in [0, 0.05) is 19.0 Å². The lowest BCUT2D eigenvalue weighted by Gasteiger charge is -2.33. The Morgan fingerprint density at radius 1 is 1.08 bits per heavy atom. The highest BCUT2D eigenvalue weighted by Gasteiger charge is 2.26. The molecule has 1 atom stereocenters. The van der Waals surface area contributed by atoms with Crippen molar-refractivity contribution in [1.29, 1.82) is 0 Å². The van der Waals surface area contributed by atoms with Gasteiger partial charge in [-0.1, -0.05) is 0 Å². The van der Waals surface area contributed by atoms with E-state index in [1.165, 1.54) is 12.8 Å². The minimum absolute atomic E-state index is 0.283. The molecule has 3 rings (SSSR count). The molecule has 0 aliphatic carbocycles. The van der Waals surface area contributed by atoms with Crippen LogP contribution in [0.2, 0.25) is 0 Å². The summed E-state index contributed by atoms with van der Waals surface area (Å²) < 4.78 is 11.1. The van der Waals surface area contributed by atoms with Crippen molar-refractivity contribution in [1.82, 2.24) is 9.80 Å². The van der Waals surface area contributed by atoms with Crippen LogP contribution in [-0.2, 0) is 4.79 Å². The van der Waals surface area contributed by atoms with E-state index in [0.717, 1.165) is 50.5 Å². The Hall–Kier alpha value is -1.75. The van der Waals surface area contributed by atoms with Crippen molar-refractivity contribution >= 4 is 5.91 Å². The SMILES string of the molecule is COc1ccc(OC[C@H]2CCCN(C(=O)CN3CCCC3)C2)cc1. The van der Waals surface area contributed by atoms with E-state index in [-0.39, 0.29) is 5.91 Å². The average Bonchev–Trinajstić information content (AvgIpc) is 3.13. The van der Waals surface area contributed by atoms with Gasteiger partial charge in [0.1, 0.15) is 11.5 Å². The second-order valence-electron chi connectivity index (χ2n) is 6.82. The lowest BCUT2D eigenvalue weighted by molar-refractivity contribution is -0.134. The normalized spacial score (nSPS) is 21.7. The standard InChI is InChI=1S/C19H28N2O3/c1-23-17-6-8-18(9-7-17)24-15-16-5-4-12-21(13-16)19(22)14-20-10-2-3-11-20/h6-9,16H,2-5,10-15H2,1H3/t16-/m0/s1. The van der Waals surface area contributed by atoms with Crippen LogP contribution in [0.5, 0.6) is 11.5 Å². The van der Waals surface area contributed by atoms with Gasteiger partial charge in [0.2, 0.25) is 5.91 Å². The van der Waals surface area contributed by atoms with E-state index in [0.29, 0.717) is 19.1 Å². The van der Waals surface area contributed by atoms with Gasteiger partial charge >= 0.3 is 0 Å². The van der Waals surface area contributed by atoms with E-state index in [1.54, 1.807) is 7.11 Å². The van der Waals surface area contributed by atoms with E-state index in [9.17, 15) is 4.79 Å². The van der Waals surface area contributed by atoms with Crippen molar-refractivity contribution < 1.29 is 14.3 Å². The van der Waals surface area contributed by atoms with Crippen LogP contribution in [-0.4, -0.2) is 62.1 Å². The van der Waals surface area contributed by atoms with Gasteiger partial charge in [-0.05, 0) is 63.0 Å². The molecule has 2 aliphatic rings. The first-order chi connectivity index (χ1) is 11.7. The molecular weight excluding hydrogens is 304 g/mol. The third-order valence-corrected chi connectivity index (χ3v) is 4.97. The summed E-state index contributed by atoms with van der Waals surface area (Å²) in [6, 6.07) is 7.67. The number of nitrogens with zero attached hydrogens (tertiary/aromatic N) is 2. The molecule has 24 heavy (non-hydrogen) atoms. The Morgan fingerprint density at radius 2 is 1.79 bits per heavy atom. The first-order valence-electron chi connectivity index (χ1n) is 9.01. The largest absolute Gasteiger partial charge is 0.497 e. The van der Waals surface area contributed by atoms with Crippen LogP contribution >= 0.6 is 0 Å². The zero-order valence-corrected chi connectivity index (χ0v) is 14.6. The van der Waals surface area contributed by atoms with Crippen LogP contribution in [0.4, 0.5) is 0 Å². The number of ether oxygens (including phenoxy) is 2. The fourth-order valence-electron chi connectivity index (χ4n) is 3.55. The Kier molecular flexibility index (Phi) is 5.96. The minimum Gasteiger partial charge on any atom is -0.497 e. The zero-order valence-electron chi connectivity index (χ0n) is 14.6. The number of carbonyl (C=O) groups excluding carboxylic acids is 1. The quantitative estimate of drug-likeness (QED) is 0.802. The molecule has 0 radical (unpaired) electrons. The predicted molar refractivity (Wildman–Crippen MR) is 93.5 cm³/mol. The van der Waals surface area contributed by atoms with E-state index in [1.807, 2.05) is 29.2 Å². The van der Waals surface area contributed by atoms with E-state index >= 15 is 0 Å². The van der Waals surface area contributed by atoms with Crippen LogP contribution in [0.25, 0.3) is 0 Å². The monoisotopic (exact) mass is 332 g/mol. The van der Waals surface area contributed by atoms with Crippen LogP contribution < -0.4 is 9.47 Å². The number of carbonyl (C=O) groups is 1. The third kappa shape index (κ3) is 4.63. The summed E-state index contributed by atoms with van der Waals surface area (Å²) in [6.07, 6.45) is 4.66. The molecular formula is C19H28N2O3. The van der Waals surface area contributed by atoms with Gasteiger partial charge in [-0.3, -0.25) is 9.69 Å². The zero-order chi connectivity index (χ0) is 16.8. The summed E-state index contributed by atoms with van der Waals surface area (Å²) >= 11 is 0. The van der Waals surface area contributed by atoms with E-state index < -0.39 is 0 Å². The first kappa shape index (κ1) is 17.1. The van der Waals surface area contributed by atoms with Crippen molar-refractivity contribution in [3.63, 3.8) is 0 Å². The molecule has 0 saturated carbocycles. The molecule has 1 amide bonds. The molecule has 132 valence electrons. The van der Waals surface area contributed by atoms with Gasteiger partial charge in [0.05, 0.1) is 20.3 Å². The Bertz CT molecular complexity index is 526. The average molecular weight is 332 g/mol. The van der Waals surface area contributed by atoms with E-state index in [2.05, 4.69) is 4.90 Å². The van der Waals surface area contributed by atoms with Crippen LogP contribution in [0.3, 0.4) is 0 Å². The fraction of sp³-hybridized carbons (Fsp3) is 0.632. The van der Waals surface area contributed by atoms with Gasteiger partial charge in [0.15, 0.2) is 0 Å². The Morgan fingerprint density at radius 3 is 2.50 bits per heavy atom. The van der Waals surface area contributed by atoms with Crippen molar-refractivity contribution in [2.24, 2.45) is 5.92 Å². The van der Waals surface area contributed by atoms with Crippen LogP contribution in [0.15, 0.2) is 24.3 Å². The molecule has 2 aliphatic heterocycles. The first-order valence-corrected chi connectivity index (χ1v) is 9.01. The molecule has 5 nitrogen and oxygen atoms in total. The van der Waals surface area contributed by atoms with Gasteiger partial charge in [-0.15, -0.1) is 0 Å². The number of benzene rings is 1. The van der Waals surface area contributed by atoms with Crippen LogP contribution in [0, 0.1) is 5.92 Å². The second kappa shape index (κ2) is 8.38. The number of likely N-dealkylation sites (tertiary alicyclic amines) is 2. The molecule has 1 aromatic rings. The van der Waals surface area contributed by atoms with Gasteiger partial charge in [-0.2, -0.15) is 0 Å². The summed E-state index contributed by atoms with van der Waals surface area (Å²) in [5.41, 5.74) is 0. The molecule has 1 aromatic carbocycles. The topological polar surface area (TPSA) is 42.0 Å². The van der Waals surface area contributed by atoms with E-state index in [4.69, 9.17) is 9.47 Å². The number of hydrogen-bond acceptors (Lipinski definition) is 4. The molecule has 0 unspecified atom stereocenters. The van der Waals surface area contributed by atoms with Crippen molar-refractivity contribution in [3.05, 3.63) is 24.3 Å². The van der Waals surface area contributed by atoms with Crippen molar-refractivity contribution in [2.45, 2.75) is 25.7 Å². The summed E-state index contributed by atoms with van der Waals surface area (Å²) in [5.74, 6) is 2.39. The summed E-state index contributed by atoms with van der Waals surface area (Å²) in [7, 11) is 1.66.